The predicted molar refractivity (Wildman–Crippen MR) is 113 cm³/mol. The lowest BCUT2D eigenvalue weighted by atomic mass is 10.0. The Hall–Kier alpha value is -2.92. The molecule has 0 unspecified atom stereocenters. The van der Waals surface area contributed by atoms with Crippen LogP contribution in [0.25, 0.3) is 0 Å². The molecule has 0 saturated heterocycles. The van der Waals surface area contributed by atoms with E-state index in [4.69, 9.17) is 16.3 Å². The molecule has 1 atom stereocenters. The van der Waals surface area contributed by atoms with Crippen LogP contribution >= 0.6 is 11.6 Å². The quantitative estimate of drug-likeness (QED) is 0.426. The first-order valence-electron chi connectivity index (χ1n) is 9.37. The number of hydrogen-bond acceptors (Lipinski definition) is 4. The lowest BCUT2D eigenvalue weighted by molar-refractivity contribution is 0.0318. The first kappa shape index (κ1) is 20.8. The van der Waals surface area contributed by atoms with Gasteiger partial charge in [-0.3, -0.25) is 4.79 Å². The third-order valence-corrected chi connectivity index (χ3v) is 5.27. The van der Waals surface area contributed by atoms with Gasteiger partial charge in [0.2, 0.25) is 5.78 Å². The van der Waals surface area contributed by atoms with Gasteiger partial charge in [0.1, 0.15) is 10.7 Å². The fourth-order valence-corrected chi connectivity index (χ4v) is 3.36. The molecule has 0 spiro atoms. The SMILES string of the molecule is Cc1ccc(C(=O)[C@@H](C)OC(=O)c2c(C)nn(Cc3ccccc3)c2Cl)cc1C. The molecule has 6 heteroatoms. The molecule has 3 aromatic rings. The van der Waals surface area contributed by atoms with Gasteiger partial charge in [0.05, 0.1) is 12.2 Å². The molecule has 2 aromatic carbocycles. The molecule has 29 heavy (non-hydrogen) atoms. The fraction of sp³-hybridized carbons (Fsp3) is 0.261. The van der Waals surface area contributed by atoms with Crippen LogP contribution in [0.4, 0.5) is 0 Å². The van der Waals surface area contributed by atoms with E-state index >= 15 is 0 Å². The molecule has 0 aliphatic heterocycles. The molecule has 0 radical (unpaired) electrons. The number of rotatable bonds is 6. The summed E-state index contributed by atoms with van der Waals surface area (Å²) in [5.74, 6) is -0.914. The number of carbonyl (C=O) groups excluding carboxylic acids is 2. The second-order valence-electron chi connectivity index (χ2n) is 7.11. The Morgan fingerprint density at radius 3 is 2.41 bits per heavy atom. The Morgan fingerprint density at radius 1 is 1.07 bits per heavy atom. The zero-order chi connectivity index (χ0) is 21.1. The lowest BCUT2D eigenvalue weighted by Crippen LogP contribution is -2.25. The van der Waals surface area contributed by atoms with Gasteiger partial charge < -0.3 is 4.74 Å². The highest BCUT2D eigenvalue weighted by Crippen LogP contribution is 2.23. The smallest absolute Gasteiger partial charge is 0.343 e. The van der Waals surface area contributed by atoms with Crippen molar-refractivity contribution in [3.63, 3.8) is 0 Å². The number of benzene rings is 2. The molecule has 0 amide bonds. The van der Waals surface area contributed by atoms with E-state index in [1.807, 2.05) is 50.2 Å². The van der Waals surface area contributed by atoms with Crippen molar-refractivity contribution in [2.45, 2.75) is 40.3 Å². The Kier molecular flexibility index (Phi) is 6.18. The molecular formula is C23H23ClN2O3. The zero-order valence-electron chi connectivity index (χ0n) is 16.9. The average molecular weight is 411 g/mol. The van der Waals surface area contributed by atoms with E-state index < -0.39 is 12.1 Å². The van der Waals surface area contributed by atoms with Gasteiger partial charge in [-0.15, -0.1) is 0 Å². The van der Waals surface area contributed by atoms with Gasteiger partial charge in [0.15, 0.2) is 6.10 Å². The lowest BCUT2D eigenvalue weighted by Gasteiger charge is -2.13. The van der Waals surface area contributed by atoms with E-state index in [-0.39, 0.29) is 16.5 Å². The standard InChI is InChI=1S/C23H23ClN2O3/c1-14-10-11-19(12-15(14)2)21(27)17(4)29-23(28)20-16(3)25-26(22(20)24)13-18-8-6-5-7-9-18/h5-12,17H,13H2,1-4H3/t17-/m1/s1. The van der Waals surface area contributed by atoms with Crippen molar-refractivity contribution in [1.82, 2.24) is 9.78 Å². The average Bonchev–Trinajstić information content (AvgIpc) is 2.97. The number of esters is 1. The van der Waals surface area contributed by atoms with Crippen LogP contribution in [0.2, 0.25) is 5.15 Å². The number of halogens is 1. The molecule has 0 fully saturated rings. The summed E-state index contributed by atoms with van der Waals surface area (Å²) in [6.45, 7) is 7.61. The van der Waals surface area contributed by atoms with E-state index in [0.717, 1.165) is 16.7 Å². The maximum absolute atomic E-state index is 12.7. The number of ether oxygens (including phenoxy) is 1. The van der Waals surface area contributed by atoms with Crippen LogP contribution in [0.5, 0.6) is 0 Å². The van der Waals surface area contributed by atoms with Gasteiger partial charge in [-0.25, -0.2) is 9.48 Å². The van der Waals surface area contributed by atoms with Gasteiger partial charge in [-0.05, 0) is 50.5 Å². The predicted octanol–water partition coefficient (Wildman–Crippen LogP) is 4.94. The highest BCUT2D eigenvalue weighted by molar-refractivity contribution is 6.32. The highest BCUT2D eigenvalue weighted by atomic mass is 35.5. The molecule has 150 valence electrons. The minimum Gasteiger partial charge on any atom is -0.451 e. The number of hydrogen-bond donors (Lipinski definition) is 0. The number of Topliss-reactive ketones (excluding diaryl/α,β-unsaturated/α-hetero) is 1. The van der Waals surface area contributed by atoms with E-state index in [0.29, 0.717) is 17.8 Å². The first-order chi connectivity index (χ1) is 13.8. The zero-order valence-corrected chi connectivity index (χ0v) is 17.7. The summed E-state index contributed by atoms with van der Waals surface area (Å²) >= 11 is 6.41. The van der Waals surface area contributed by atoms with E-state index in [2.05, 4.69) is 5.10 Å². The summed E-state index contributed by atoms with van der Waals surface area (Å²) in [6.07, 6.45) is -0.933. The second kappa shape index (κ2) is 8.62. The summed E-state index contributed by atoms with van der Waals surface area (Å²) in [5.41, 5.74) is 4.27. The van der Waals surface area contributed by atoms with Gasteiger partial charge >= 0.3 is 5.97 Å². The van der Waals surface area contributed by atoms with Gasteiger partial charge in [-0.2, -0.15) is 5.10 Å². The number of ketones is 1. The van der Waals surface area contributed by atoms with Gasteiger partial charge in [0, 0.05) is 5.56 Å². The van der Waals surface area contributed by atoms with Gasteiger partial charge in [0.25, 0.3) is 0 Å². The van der Waals surface area contributed by atoms with Crippen molar-refractivity contribution < 1.29 is 14.3 Å². The van der Waals surface area contributed by atoms with E-state index in [9.17, 15) is 9.59 Å². The van der Waals surface area contributed by atoms with Crippen molar-refractivity contribution >= 4 is 23.4 Å². The molecule has 0 bridgehead atoms. The summed E-state index contributed by atoms with van der Waals surface area (Å²) in [5, 5.41) is 4.55. The number of aryl methyl sites for hydroxylation is 3. The third-order valence-electron chi connectivity index (χ3n) is 4.89. The number of nitrogens with zero attached hydrogens (tertiary/aromatic N) is 2. The van der Waals surface area contributed by atoms with Crippen LogP contribution in [0.15, 0.2) is 48.5 Å². The van der Waals surface area contributed by atoms with Crippen LogP contribution < -0.4 is 0 Å². The largest absolute Gasteiger partial charge is 0.451 e. The van der Waals surface area contributed by atoms with Crippen LogP contribution in [-0.4, -0.2) is 27.6 Å². The third kappa shape index (κ3) is 4.57. The summed E-state index contributed by atoms with van der Waals surface area (Å²) in [6, 6.07) is 15.1. The monoisotopic (exact) mass is 410 g/mol. The van der Waals surface area contributed by atoms with Crippen LogP contribution in [0.3, 0.4) is 0 Å². The molecule has 1 heterocycles. The van der Waals surface area contributed by atoms with Crippen molar-refractivity contribution in [1.29, 1.82) is 0 Å². The fourth-order valence-electron chi connectivity index (χ4n) is 3.05. The van der Waals surface area contributed by atoms with Crippen molar-refractivity contribution in [2.75, 3.05) is 0 Å². The maximum atomic E-state index is 12.7. The molecular weight excluding hydrogens is 388 g/mol. The molecule has 0 aliphatic rings. The first-order valence-corrected chi connectivity index (χ1v) is 9.75. The molecule has 3 rings (SSSR count). The van der Waals surface area contributed by atoms with Crippen molar-refractivity contribution in [3.05, 3.63) is 87.2 Å². The van der Waals surface area contributed by atoms with E-state index in [1.165, 1.54) is 0 Å². The Labute approximate surface area is 175 Å². The Balaban J connectivity index is 1.76. The molecule has 0 aliphatic carbocycles. The minimum absolute atomic E-state index is 0.183. The van der Waals surface area contributed by atoms with Crippen LogP contribution in [0.1, 0.15) is 50.0 Å². The summed E-state index contributed by atoms with van der Waals surface area (Å²) < 4.78 is 6.98. The van der Waals surface area contributed by atoms with Crippen LogP contribution in [-0.2, 0) is 11.3 Å². The summed E-state index contributed by atoms with van der Waals surface area (Å²) in [7, 11) is 0. The Morgan fingerprint density at radius 2 is 1.76 bits per heavy atom. The molecule has 0 saturated carbocycles. The number of aromatic nitrogens is 2. The molecule has 0 N–H and O–H groups in total. The summed E-state index contributed by atoms with van der Waals surface area (Å²) in [4.78, 5) is 25.4. The number of carbonyl (C=O) groups is 2. The van der Waals surface area contributed by atoms with Crippen molar-refractivity contribution in [3.8, 4) is 0 Å². The normalized spacial score (nSPS) is 11.9. The topological polar surface area (TPSA) is 61.2 Å². The van der Waals surface area contributed by atoms with Gasteiger partial charge in [-0.1, -0.05) is 54.1 Å². The van der Waals surface area contributed by atoms with Crippen LogP contribution in [0, 0.1) is 20.8 Å². The van der Waals surface area contributed by atoms with E-state index in [1.54, 1.807) is 30.7 Å². The minimum atomic E-state index is -0.933. The Bertz CT molecular complexity index is 1060. The highest BCUT2D eigenvalue weighted by Gasteiger charge is 2.26. The van der Waals surface area contributed by atoms with Crippen molar-refractivity contribution in [2.24, 2.45) is 0 Å². The second-order valence-corrected chi connectivity index (χ2v) is 7.46. The molecule has 5 nitrogen and oxygen atoms in total. The maximum Gasteiger partial charge on any atom is 0.343 e. The molecule has 1 aromatic heterocycles.